The number of carbonyl (C=O) groups excluding carboxylic acids is 1. The van der Waals surface area contributed by atoms with Crippen molar-refractivity contribution in [2.24, 2.45) is 0 Å². The lowest BCUT2D eigenvalue weighted by Gasteiger charge is -2.36. The van der Waals surface area contributed by atoms with Gasteiger partial charge in [0.1, 0.15) is 0 Å². The van der Waals surface area contributed by atoms with E-state index in [9.17, 15) is 9.18 Å². The number of rotatable bonds is 4. The van der Waals surface area contributed by atoms with Gasteiger partial charge in [-0.15, -0.1) is 0 Å². The van der Waals surface area contributed by atoms with E-state index in [2.05, 4.69) is 26.9 Å². The second-order valence-corrected chi connectivity index (χ2v) is 7.15. The molecular weight excluding hydrogens is 359 g/mol. The summed E-state index contributed by atoms with van der Waals surface area (Å²) in [5.74, 6) is -0.337. The van der Waals surface area contributed by atoms with Crippen molar-refractivity contribution in [2.45, 2.75) is 6.42 Å². The molecule has 1 amide bonds. The third-order valence-electron chi connectivity index (χ3n) is 5.38. The van der Waals surface area contributed by atoms with Crippen LogP contribution in [0.4, 0.5) is 15.8 Å². The molecule has 7 heteroatoms. The zero-order valence-corrected chi connectivity index (χ0v) is 15.9. The maximum Gasteiger partial charge on any atom is 0.227 e. The van der Waals surface area contributed by atoms with E-state index in [1.165, 1.54) is 18.0 Å². The van der Waals surface area contributed by atoms with E-state index in [0.29, 0.717) is 32.6 Å². The Morgan fingerprint density at radius 1 is 0.929 bits per heavy atom. The monoisotopic (exact) mass is 384 g/mol. The van der Waals surface area contributed by atoms with Gasteiger partial charge in [0.2, 0.25) is 11.9 Å². The van der Waals surface area contributed by atoms with Crippen LogP contribution in [0.15, 0.2) is 42.6 Å². The molecule has 0 N–H and O–H groups in total. The van der Waals surface area contributed by atoms with E-state index in [1.54, 1.807) is 6.07 Å². The Balaban J connectivity index is 1.29. The van der Waals surface area contributed by atoms with Gasteiger partial charge in [-0.3, -0.25) is 4.79 Å². The number of nitrogens with zero attached hydrogens (tertiary/aromatic N) is 4. The number of amides is 1. The molecule has 28 heavy (non-hydrogen) atoms. The topological polar surface area (TPSA) is 48.9 Å². The van der Waals surface area contributed by atoms with Crippen LogP contribution in [0.25, 0.3) is 0 Å². The normalized spacial score (nSPS) is 17.7. The maximum atomic E-state index is 13.3. The summed E-state index contributed by atoms with van der Waals surface area (Å²) in [6, 6.07) is 11.5. The molecule has 2 aliphatic heterocycles. The molecule has 1 aromatic heterocycles. The van der Waals surface area contributed by atoms with Crippen molar-refractivity contribution in [3.63, 3.8) is 0 Å². The van der Waals surface area contributed by atoms with Crippen molar-refractivity contribution in [2.75, 3.05) is 62.3 Å². The van der Waals surface area contributed by atoms with E-state index in [1.807, 2.05) is 17.0 Å². The van der Waals surface area contributed by atoms with Crippen LogP contribution in [-0.2, 0) is 16.0 Å². The highest BCUT2D eigenvalue weighted by Gasteiger charge is 2.22. The average Bonchev–Trinajstić information content (AvgIpc) is 2.75. The Morgan fingerprint density at radius 3 is 2.29 bits per heavy atom. The van der Waals surface area contributed by atoms with Crippen molar-refractivity contribution >= 4 is 17.3 Å². The smallest absolute Gasteiger partial charge is 0.227 e. The van der Waals surface area contributed by atoms with Gasteiger partial charge < -0.3 is 19.4 Å². The molecule has 4 rings (SSSR count). The summed E-state index contributed by atoms with van der Waals surface area (Å²) in [5.41, 5.74) is 3.02. The van der Waals surface area contributed by atoms with Gasteiger partial charge >= 0.3 is 0 Å². The van der Waals surface area contributed by atoms with E-state index >= 15 is 0 Å². The van der Waals surface area contributed by atoms with Crippen molar-refractivity contribution in [1.29, 1.82) is 0 Å². The molecule has 148 valence electrons. The second kappa shape index (κ2) is 8.56. The standard InChI is InChI=1S/C21H25FN4O2/c22-20-16-19(5-6-23-20)24-7-9-26(10-8-24)21(27)15-17-1-3-18(4-2-17)25-11-13-28-14-12-25/h1-6,16H,7-15H2. The fourth-order valence-electron chi connectivity index (χ4n) is 3.74. The van der Waals surface area contributed by atoms with Crippen molar-refractivity contribution in [3.8, 4) is 0 Å². The van der Waals surface area contributed by atoms with Crippen molar-refractivity contribution in [3.05, 3.63) is 54.1 Å². The number of morpholine rings is 1. The lowest BCUT2D eigenvalue weighted by atomic mass is 10.1. The Morgan fingerprint density at radius 2 is 1.61 bits per heavy atom. The first-order chi connectivity index (χ1) is 13.7. The number of hydrogen-bond donors (Lipinski definition) is 0. The first kappa shape index (κ1) is 18.7. The van der Waals surface area contributed by atoms with Gasteiger partial charge in [-0.2, -0.15) is 4.39 Å². The summed E-state index contributed by atoms with van der Waals surface area (Å²) >= 11 is 0. The average molecular weight is 384 g/mol. The predicted molar refractivity (Wildman–Crippen MR) is 106 cm³/mol. The Bertz CT molecular complexity index is 800. The minimum atomic E-state index is -0.475. The van der Waals surface area contributed by atoms with Crippen molar-refractivity contribution in [1.82, 2.24) is 9.88 Å². The largest absolute Gasteiger partial charge is 0.378 e. The van der Waals surface area contributed by atoms with Gasteiger partial charge in [0.05, 0.1) is 19.6 Å². The van der Waals surface area contributed by atoms with Crippen LogP contribution in [0, 0.1) is 5.95 Å². The summed E-state index contributed by atoms with van der Waals surface area (Å²) in [6.07, 6.45) is 1.88. The van der Waals surface area contributed by atoms with Gasteiger partial charge in [0, 0.05) is 62.9 Å². The minimum Gasteiger partial charge on any atom is -0.378 e. The van der Waals surface area contributed by atoms with Crippen LogP contribution in [0.3, 0.4) is 0 Å². The third kappa shape index (κ3) is 4.42. The third-order valence-corrected chi connectivity index (χ3v) is 5.38. The number of pyridine rings is 1. The lowest BCUT2D eigenvalue weighted by Crippen LogP contribution is -2.49. The summed E-state index contributed by atoms with van der Waals surface area (Å²) in [6.45, 7) is 6.03. The molecule has 0 spiro atoms. The van der Waals surface area contributed by atoms with Crippen LogP contribution >= 0.6 is 0 Å². The van der Waals surface area contributed by atoms with Gasteiger partial charge in [-0.1, -0.05) is 12.1 Å². The molecule has 6 nitrogen and oxygen atoms in total. The second-order valence-electron chi connectivity index (χ2n) is 7.15. The maximum absolute atomic E-state index is 13.3. The molecule has 0 bridgehead atoms. The summed E-state index contributed by atoms with van der Waals surface area (Å²) in [5, 5.41) is 0. The molecule has 1 aromatic carbocycles. The van der Waals surface area contributed by atoms with Crippen LogP contribution in [0.2, 0.25) is 0 Å². The van der Waals surface area contributed by atoms with E-state index in [4.69, 9.17) is 4.74 Å². The molecule has 0 saturated carbocycles. The number of hydrogen-bond acceptors (Lipinski definition) is 5. The quantitative estimate of drug-likeness (QED) is 0.754. The highest BCUT2D eigenvalue weighted by atomic mass is 19.1. The molecular formula is C21H25FN4O2. The van der Waals surface area contributed by atoms with E-state index in [-0.39, 0.29) is 5.91 Å². The van der Waals surface area contributed by atoms with Crippen LogP contribution in [-0.4, -0.2) is 68.3 Å². The first-order valence-electron chi connectivity index (χ1n) is 9.75. The predicted octanol–water partition coefficient (Wildman–Crippen LogP) is 1.95. The Hall–Kier alpha value is -2.67. The summed E-state index contributed by atoms with van der Waals surface area (Å²) < 4.78 is 18.7. The fraction of sp³-hybridized carbons (Fsp3) is 0.429. The number of aromatic nitrogens is 1. The molecule has 2 aromatic rings. The van der Waals surface area contributed by atoms with E-state index in [0.717, 1.165) is 37.6 Å². The summed E-state index contributed by atoms with van der Waals surface area (Å²) in [7, 11) is 0. The number of piperazine rings is 1. The molecule has 2 fully saturated rings. The number of ether oxygens (including phenoxy) is 1. The molecule has 2 saturated heterocycles. The van der Waals surface area contributed by atoms with E-state index < -0.39 is 5.95 Å². The lowest BCUT2D eigenvalue weighted by molar-refractivity contribution is -0.130. The molecule has 0 unspecified atom stereocenters. The number of halogens is 1. The Labute approximate surface area is 164 Å². The molecule has 3 heterocycles. The zero-order chi connectivity index (χ0) is 19.3. The van der Waals surface area contributed by atoms with Crippen molar-refractivity contribution < 1.29 is 13.9 Å². The van der Waals surface area contributed by atoms with Gasteiger partial charge in [-0.05, 0) is 23.8 Å². The summed E-state index contributed by atoms with van der Waals surface area (Å²) in [4.78, 5) is 22.5. The molecule has 0 atom stereocenters. The van der Waals surface area contributed by atoms with Crippen LogP contribution < -0.4 is 9.80 Å². The number of benzene rings is 1. The molecule has 0 radical (unpaired) electrons. The SMILES string of the molecule is O=C(Cc1ccc(N2CCOCC2)cc1)N1CCN(c2ccnc(F)c2)CC1. The fourth-order valence-corrected chi connectivity index (χ4v) is 3.74. The molecule has 0 aliphatic carbocycles. The highest BCUT2D eigenvalue weighted by Crippen LogP contribution is 2.19. The van der Waals surface area contributed by atoms with Crippen LogP contribution in [0.5, 0.6) is 0 Å². The first-order valence-corrected chi connectivity index (χ1v) is 9.75. The van der Waals surface area contributed by atoms with Crippen LogP contribution in [0.1, 0.15) is 5.56 Å². The zero-order valence-electron chi connectivity index (χ0n) is 15.9. The van der Waals surface area contributed by atoms with Gasteiger partial charge in [-0.25, -0.2) is 4.98 Å². The molecule has 2 aliphatic rings. The number of anilines is 2. The Kier molecular flexibility index (Phi) is 5.71. The van der Waals surface area contributed by atoms with Gasteiger partial charge in [0.25, 0.3) is 0 Å². The highest BCUT2D eigenvalue weighted by molar-refractivity contribution is 5.79. The number of carbonyl (C=O) groups is 1. The van der Waals surface area contributed by atoms with Gasteiger partial charge in [0.15, 0.2) is 0 Å². The minimum absolute atomic E-state index is 0.139.